The van der Waals surface area contributed by atoms with Gasteiger partial charge >= 0.3 is 6.03 Å². The molecular formula is C23H28N6O3. The minimum absolute atomic E-state index is 0.0122. The van der Waals surface area contributed by atoms with Gasteiger partial charge in [-0.3, -0.25) is 10.1 Å². The van der Waals surface area contributed by atoms with E-state index in [1.165, 1.54) is 6.20 Å². The van der Waals surface area contributed by atoms with Crippen LogP contribution in [0.25, 0.3) is 0 Å². The van der Waals surface area contributed by atoms with Crippen LogP contribution in [-0.2, 0) is 0 Å². The van der Waals surface area contributed by atoms with Gasteiger partial charge in [0, 0.05) is 48.1 Å². The van der Waals surface area contributed by atoms with Gasteiger partial charge in [-0.2, -0.15) is 0 Å². The van der Waals surface area contributed by atoms with Gasteiger partial charge in [-0.05, 0) is 38.8 Å². The highest BCUT2D eigenvalue weighted by Gasteiger charge is 2.38. The van der Waals surface area contributed by atoms with E-state index in [1.807, 2.05) is 19.1 Å². The van der Waals surface area contributed by atoms with Crippen LogP contribution in [0.2, 0.25) is 0 Å². The van der Waals surface area contributed by atoms with Crippen LogP contribution >= 0.6 is 0 Å². The summed E-state index contributed by atoms with van der Waals surface area (Å²) in [6.07, 6.45) is 3.24. The second-order valence-electron chi connectivity index (χ2n) is 8.83. The van der Waals surface area contributed by atoms with Crippen molar-refractivity contribution in [2.24, 2.45) is 11.7 Å². The molecule has 9 heteroatoms. The van der Waals surface area contributed by atoms with Crippen LogP contribution in [-0.4, -0.2) is 53.1 Å². The number of nitrogens with zero attached hydrogens (tertiary/aromatic N) is 2. The third-order valence-corrected chi connectivity index (χ3v) is 5.64. The van der Waals surface area contributed by atoms with Crippen molar-refractivity contribution in [1.82, 2.24) is 9.88 Å². The van der Waals surface area contributed by atoms with E-state index >= 15 is 0 Å². The van der Waals surface area contributed by atoms with Gasteiger partial charge in [0.2, 0.25) is 0 Å². The Morgan fingerprint density at radius 2 is 1.97 bits per heavy atom. The molecule has 2 amide bonds. The number of ketones is 1. The lowest BCUT2D eigenvalue weighted by atomic mass is 9.94. The first kappa shape index (κ1) is 21.8. The second-order valence-corrected chi connectivity index (χ2v) is 8.83. The van der Waals surface area contributed by atoms with E-state index < -0.39 is 0 Å². The van der Waals surface area contributed by atoms with E-state index in [0.717, 1.165) is 12.8 Å². The number of carbonyl (C=O) groups excluding carboxylic acids is 2. The SMILES string of the molecule is COc1c(Nc2cc(NC(=O)N3CC(C)(N)C3)ncc2C(=O)C2CC2)cccc1C(C)=N. The maximum Gasteiger partial charge on any atom is 0.323 e. The largest absolute Gasteiger partial charge is 0.494 e. The number of para-hydroxylation sites is 1. The lowest BCUT2D eigenvalue weighted by Crippen LogP contribution is -2.67. The summed E-state index contributed by atoms with van der Waals surface area (Å²) in [5.41, 5.74) is 8.24. The van der Waals surface area contributed by atoms with Crippen molar-refractivity contribution in [2.45, 2.75) is 32.2 Å². The molecule has 1 saturated carbocycles. The zero-order valence-electron chi connectivity index (χ0n) is 18.5. The van der Waals surface area contributed by atoms with Crippen molar-refractivity contribution in [2.75, 3.05) is 30.8 Å². The average molecular weight is 437 g/mol. The maximum absolute atomic E-state index is 12.9. The maximum atomic E-state index is 12.9. The number of methoxy groups -OCH3 is 1. The molecule has 1 aliphatic carbocycles. The van der Waals surface area contributed by atoms with Crippen molar-refractivity contribution in [1.29, 1.82) is 5.41 Å². The lowest BCUT2D eigenvalue weighted by Gasteiger charge is -2.45. The lowest BCUT2D eigenvalue weighted by molar-refractivity contribution is 0.0968. The normalized spacial score (nSPS) is 16.7. The van der Waals surface area contributed by atoms with E-state index in [0.29, 0.717) is 52.9 Å². The van der Waals surface area contributed by atoms with E-state index in [2.05, 4.69) is 15.6 Å². The molecule has 1 saturated heterocycles. The van der Waals surface area contributed by atoms with Crippen LogP contribution in [0.4, 0.5) is 22.0 Å². The van der Waals surface area contributed by atoms with Crippen LogP contribution in [0.15, 0.2) is 30.5 Å². The summed E-state index contributed by atoms with van der Waals surface area (Å²) in [6, 6.07) is 6.80. The molecule has 2 aromatic rings. The molecule has 1 aromatic carbocycles. The minimum atomic E-state index is -0.368. The number of hydrogen-bond donors (Lipinski definition) is 4. The van der Waals surface area contributed by atoms with Gasteiger partial charge in [0.05, 0.1) is 24.0 Å². The second kappa shape index (κ2) is 8.23. The van der Waals surface area contributed by atoms with Crippen molar-refractivity contribution in [3.63, 3.8) is 0 Å². The highest BCUT2D eigenvalue weighted by Crippen LogP contribution is 2.37. The Kier molecular flexibility index (Phi) is 5.60. The number of benzene rings is 1. The number of hydrogen-bond acceptors (Lipinski definition) is 7. The summed E-state index contributed by atoms with van der Waals surface area (Å²) in [4.78, 5) is 31.3. The first-order valence-electron chi connectivity index (χ1n) is 10.6. The van der Waals surface area contributed by atoms with Gasteiger partial charge in [0.15, 0.2) is 11.5 Å². The molecule has 0 atom stereocenters. The minimum Gasteiger partial charge on any atom is -0.494 e. The third-order valence-electron chi connectivity index (χ3n) is 5.64. The summed E-state index contributed by atoms with van der Waals surface area (Å²) in [5, 5.41) is 14.0. The third kappa shape index (κ3) is 4.43. The van der Waals surface area contributed by atoms with Crippen LogP contribution < -0.4 is 21.1 Å². The summed E-state index contributed by atoms with van der Waals surface area (Å²) >= 11 is 0. The number of carbonyl (C=O) groups is 2. The fourth-order valence-corrected chi connectivity index (χ4v) is 3.84. The molecule has 32 heavy (non-hydrogen) atoms. The van der Waals surface area contributed by atoms with Gasteiger partial charge in [0.25, 0.3) is 0 Å². The molecular weight excluding hydrogens is 408 g/mol. The number of rotatable bonds is 7. The first-order chi connectivity index (χ1) is 15.2. The predicted octanol–water partition coefficient (Wildman–Crippen LogP) is 3.38. The summed E-state index contributed by atoms with van der Waals surface area (Å²) in [6.45, 7) is 4.52. The number of pyridine rings is 1. The summed E-state index contributed by atoms with van der Waals surface area (Å²) in [7, 11) is 1.54. The quantitative estimate of drug-likeness (QED) is 0.388. The van der Waals surface area contributed by atoms with E-state index in [9.17, 15) is 9.59 Å². The number of amides is 2. The molecule has 2 heterocycles. The Morgan fingerprint density at radius 3 is 2.56 bits per heavy atom. The number of likely N-dealkylation sites (tertiary alicyclic amines) is 1. The molecule has 1 aliphatic heterocycles. The summed E-state index contributed by atoms with van der Waals surface area (Å²) < 4.78 is 5.55. The van der Waals surface area contributed by atoms with Gasteiger partial charge in [-0.15, -0.1) is 0 Å². The van der Waals surface area contributed by atoms with Crippen LogP contribution in [0, 0.1) is 11.3 Å². The smallest absolute Gasteiger partial charge is 0.323 e. The molecule has 1 aromatic heterocycles. The van der Waals surface area contributed by atoms with Crippen molar-refractivity contribution in [3.05, 3.63) is 41.6 Å². The zero-order chi connectivity index (χ0) is 23.0. The number of anilines is 3. The molecule has 0 bridgehead atoms. The zero-order valence-corrected chi connectivity index (χ0v) is 18.5. The number of Topliss-reactive ketones (excluding diaryl/α,β-unsaturated/α-hetero) is 1. The Hall–Kier alpha value is -3.46. The van der Waals surface area contributed by atoms with Crippen molar-refractivity contribution in [3.8, 4) is 5.75 Å². The van der Waals surface area contributed by atoms with Crippen molar-refractivity contribution < 1.29 is 14.3 Å². The average Bonchev–Trinajstić information content (AvgIpc) is 3.57. The van der Waals surface area contributed by atoms with E-state index in [-0.39, 0.29) is 23.3 Å². The fourth-order valence-electron chi connectivity index (χ4n) is 3.84. The van der Waals surface area contributed by atoms with Crippen LogP contribution in [0.3, 0.4) is 0 Å². The molecule has 2 aliphatic rings. The van der Waals surface area contributed by atoms with Gasteiger partial charge in [0.1, 0.15) is 5.82 Å². The standard InChI is InChI=1S/C23H28N6O3/c1-13(24)15-5-4-6-17(21(15)32-3)27-18-9-19(26-10-16(18)20(30)14-7-8-14)28-22(31)29-11-23(2,25)12-29/h4-6,9-10,14,24H,7-8,11-12,25H2,1-3H3,(H2,26,27,28,31). The predicted molar refractivity (Wildman–Crippen MR) is 123 cm³/mol. The molecule has 2 fully saturated rings. The van der Waals surface area contributed by atoms with Crippen LogP contribution in [0.5, 0.6) is 5.75 Å². The number of urea groups is 1. The van der Waals surface area contributed by atoms with Gasteiger partial charge < -0.3 is 26.1 Å². The Balaban J connectivity index is 1.64. The molecule has 168 valence electrons. The van der Waals surface area contributed by atoms with E-state index in [1.54, 1.807) is 31.1 Å². The Morgan fingerprint density at radius 1 is 1.25 bits per heavy atom. The van der Waals surface area contributed by atoms with E-state index in [4.69, 9.17) is 15.9 Å². The molecule has 9 nitrogen and oxygen atoms in total. The number of aromatic nitrogens is 1. The van der Waals surface area contributed by atoms with Gasteiger partial charge in [-0.1, -0.05) is 6.07 Å². The fraction of sp³-hybridized carbons (Fsp3) is 0.391. The molecule has 0 radical (unpaired) electrons. The molecule has 0 unspecified atom stereocenters. The highest BCUT2D eigenvalue weighted by atomic mass is 16.5. The summed E-state index contributed by atoms with van der Waals surface area (Å²) in [5.74, 6) is 0.875. The molecule has 5 N–H and O–H groups in total. The topological polar surface area (TPSA) is 133 Å². The monoisotopic (exact) mass is 436 g/mol. The first-order valence-corrected chi connectivity index (χ1v) is 10.6. The highest BCUT2D eigenvalue weighted by molar-refractivity contribution is 6.06. The number of nitrogens with two attached hydrogens (primary N) is 1. The molecule has 0 spiro atoms. The Labute approximate surface area is 186 Å². The molecule has 4 rings (SSSR count). The van der Waals surface area contributed by atoms with Gasteiger partial charge in [-0.25, -0.2) is 9.78 Å². The number of nitrogens with one attached hydrogen (secondary N) is 3. The van der Waals surface area contributed by atoms with Crippen molar-refractivity contribution >= 4 is 34.7 Å². The van der Waals surface area contributed by atoms with Crippen LogP contribution in [0.1, 0.15) is 42.6 Å². The number of ether oxygens (including phenoxy) is 1. The Bertz CT molecular complexity index is 1090.